The van der Waals surface area contributed by atoms with Crippen molar-refractivity contribution in [1.82, 2.24) is 14.5 Å². The highest BCUT2D eigenvalue weighted by molar-refractivity contribution is 6.00. The number of carbonyl (C=O) groups excluding carboxylic acids is 2. The molecule has 7 heteroatoms. The van der Waals surface area contributed by atoms with Crippen molar-refractivity contribution in [3.63, 3.8) is 0 Å². The van der Waals surface area contributed by atoms with Crippen LogP contribution >= 0.6 is 0 Å². The molecule has 25 heavy (non-hydrogen) atoms. The number of nitrogens with zero attached hydrogens (tertiary/aromatic N) is 3. The third-order valence-corrected chi connectivity index (χ3v) is 3.96. The third-order valence-electron chi connectivity index (χ3n) is 3.96. The van der Waals surface area contributed by atoms with Gasteiger partial charge >= 0.3 is 5.97 Å². The molecule has 0 N–H and O–H groups in total. The largest absolute Gasteiger partial charge is 0.453 e. The molecule has 0 saturated heterocycles. The van der Waals surface area contributed by atoms with Gasteiger partial charge in [-0.25, -0.2) is 9.78 Å². The van der Waals surface area contributed by atoms with Gasteiger partial charge in [-0.1, -0.05) is 0 Å². The van der Waals surface area contributed by atoms with E-state index in [4.69, 9.17) is 9.47 Å². The van der Waals surface area contributed by atoms with Gasteiger partial charge in [0.25, 0.3) is 0 Å². The maximum atomic E-state index is 12.4. The summed E-state index contributed by atoms with van der Waals surface area (Å²) in [5.74, 6) is -0.917. The number of methoxy groups -OCH3 is 1. The van der Waals surface area contributed by atoms with Gasteiger partial charge in [-0.05, 0) is 33.8 Å². The van der Waals surface area contributed by atoms with Crippen molar-refractivity contribution in [2.45, 2.75) is 33.7 Å². The van der Waals surface area contributed by atoms with Crippen molar-refractivity contribution in [3.05, 3.63) is 46.8 Å². The lowest BCUT2D eigenvalue weighted by Crippen LogP contribution is -2.17. The van der Waals surface area contributed by atoms with Crippen molar-refractivity contribution in [3.8, 4) is 0 Å². The predicted molar refractivity (Wildman–Crippen MR) is 91.9 cm³/mol. The number of esters is 1. The van der Waals surface area contributed by atoms with E-state index in [-0.39, 0.29) is 24.1 Å². The molecule has 0 fully saturated rings. The maximum Gasteiger partial charge on any atom is 0.358 e. The molecule has 2 aromatic heterocycles. The number of hydrogen-bond donors (Lipinski definition) is 0. The Morgan fingerprint density at radius 2 is 1.92 bits per heavy atom. The molecule has 0 spiro atoms. The van der Waals surface area contributed by atoms with Crippen LogP contribution in [0.3, 0.4) is 0 Å². The Labute approximate surface area is 147 Å². The highest BCUT2D eigenvalue weighted by atomic mass is 16.5. The van der Waals surface area contributed by atoms with Crippen molar-refractivity contribution in [1.29, 1.82) is 0 Å². The molecule has 1 unspecified atom stereocenters. The first-order valence-electron chi connectivity index (χ1n) is 8.01. The number of ether oxygens (including phenoxy) is 2. The number of hydrogen-bond acceptors (Lipinski definition) is 6. The molecule has 0 radical (unpaired) electrons. The number of carbonyl (C=O) groups is 2. The fourth-order valence-electron chi connectivity index (χ4n) is 2.83. The van der Waals surface area contributed by atoms with Crippen molar-refractivity contribution >= 4 is 11.8 Å². The van der Waals surface area contributed by atoms with Crippen LogP contribution in [0.4, 0.5) is 0 Å². The van der Waals surface area contributed by atoms with Gasteiger partial charge < -0.3 is 14.0 Å². The van der Waals surface area contributed by atoms with Crippen LogP contribution in [-0.2, 0) is 9.47 Å². The predicted octanol–water partition coefficient (Wildman–Crippen LogP) is 2.45. The molecule has 134 valence electrons. The summed E-state index contributed by atoms with van der Waals surface area (Å²) in [6.07, 6.45) is 2.81. The van der Waals surface area contributed by atoms with Gasteiger partial charge in [0.15, 0.2) is 12.3 Å². The number of rotatable bonds is 7. The molecule has 2 aromatic rings. The number of aryl methyl sites for hydroxylation is 2. The molecule has 0 amide bonds. The number of aromatic nitrogens is 3. The molecule has 0 aliphatic heterocycles. The van der Waals surface area contributed by atoms with Gasteiger partial charge in [-0.3, -0.25) is 9.78 Å². The Kier molecular flexibility index (Phi) is 6.03. The highest BCUT2D eigenvalue weighted by Crippen LogP contribution is 2.21. The minimum absolute atomic E-state index is 0.0811. The van der Waals surface area contributed by atoms with Gasteiger partial charge in [0.2, 0.25) is 5.78 Å². The molecule has 2 heterocycles. The smallest absolute Gasteiger partial charge is 0.358 e. The summed E-state index contributed by atoms with van der Waals surface area (Å²) >= 11 is 0. The van der Waals surface area contributed by atoms with E-state index in [1.54, 1.807) is 14.0 Å². The van der Waals surface area contributed by atoms with Gasteiger partial charge in [0.05, 0.1) is 24.5 Å². The second kappa shape index (κ2) is 8.02. The van der Waals surface area contributed by atoms with Gasteiger partial charge in [-0.2, -0.15) is 0 Å². The summed E-state index contributed by atoms with van der Waals surface area (Å²) in [4.78, 5) is 32.3. The van der Waals surface area contributed by atoms with Crippen molar-refractivity contribution < 1.29 is 19.1 Å². The first-order chi connectivity index (χ1) is 11.8. The maximum absolute atomic E-state index is 12.4. The first kappa shape index (κ1) is 18.8. The molecule has 1 atom stereocenters. The second-order valence-electron chi connectivity index (χ2n) is 6.00. The fraction of sp³-hybridized carbons (Fsp3) is 0.444. The van der Waals surface area contributed by atoms with Gasteiger partial charge in [0.1, 0.15) is 0 Å². The summed E-state index contributed by atoms with van der Waals surface area (Å²) in [6, 6.07) is 1.92. The summed E-state index contributed by atoms with van der Waals surface area (Å²) in [5.41, 5.74) is 3.12. The third kappa shape index (κ3) is 4.30. The van der Waals surface area contributed by atoms with E-state index < -0.39 is 5.97 Å². The summed E-state index contributed by atoms with van der Waals surface area (Å²) in [7, 11) is 1.64. The fourth-order valence-corrected chi connectivity index (χ4v) is 2.83. The van der Waals surface area contributed by atoms with E-state index >= 15 is 0 Å². The molecular weight excluding hydrogens is 322 g/mol. The lowest BCUT2D eigenvalue weighted by Gasteiger charge is -2.17. The van der Waals surface area contributed by atoms with E-state index in [0.717, 1.165) is 11.4 Å². The summed E-state index contributed by atoms with van der Waals surface area (Å²) < 4.78 is 12.3. The minimum Gasteiger partial charge on any atom is -0.453 e. The van der Waals surface area contributed by atoms with E-state index in [1.165, 1.54) is 12.4 Å². The van der Waals surface area contributed by atoms with Crippen LogP contribution in [0.5, 0.6) is 0 Å². The van der Waals surface area contributed by atoms with Gasteiger partial charge in [0, 0.05) is 30.3 Å². The average molecular weight is 345 g/mol. The zero-order valence-corrected chi connectivity index (χ0v) is 15.2. The Morgan fingerprint density at radius 3 is 2.52 bits per heavy atom. The quantitative estimate of drug-likeness (QED) is 0.566. The molecule has 0 aliphatic rings. The van der Waals surface area contributed by atoms with Crippen molar-refractivity contribution in [2.75, 3.05) is 20.3 Å². The Hall–Kier alpha value is -2.54. The van der Waals surface area contributed by atoms with Crippen LogP contribution < -0.4 is 0 Å². The number of Topliss-reactive ketones (excluding diaryl/α,β-unsaturated/α-hetero) is 1. The van der Waals surface area contributed by atoms with Crippen LogP contribution in [0, 0.1) is 20.8 Å². The molecular formula is C18H23N3O4. The van der Waals surface area contributed by atoms with E-state index in [9.17, 15) is 9.59 Å². The first-order valence-corrected chi connectivity index (χ1v) is 8.01. The Bertz CT molecular complexity index is 765. The molecule has 2 rings (SSSR count). The standard InChI is InChI=1S/C18H23N3O4/c1-11-7-20-16(8-19-11)18(23)25-10-17(22)15-6-12(2)21(14(15)4)13(3)9-24-5/h6-8,13H,9-10H2,1-5H3. The zero-order valence-electron chi connectivity index (χ0n) is 15.2. The van der Waals surface area contributed by atoms with E-state index in [0.29, 0.717) is 17.9 Å². The zero-order chi connectivity index (χ0) is 18.6. The summed E-state index contributed by atoms with van der Waals surface area (Å²) in [5, 5.41) is 0. The normalized spacial score (nSPS) is 12.0. The lowest BCUT2D eigenvalue weighted by molar-refractivity contribution is 0.0468. The van der Waals surface area contributed by atoms with E-state index in [1.807, 2.05) is 31.4 Å². The van der Waals surface area contributed by atoms with E-state index in [2.05, 4.69) is 9.97 Å². The average Bonchev–Trinajstić information content (AvgIpc) is 2.88. The number of ketones is 1. The highest BCUT2D eigenvalue weighted by Gasteiger charge is 2.20. The van der Waals surface area contributed by atoms with Crippen LogP contribution in [0.1, 0.15) is 50.9 Å². The molecule has 0 saturated carbocycles. The Morgan fingerprint density at radius 1 is 1.20 bits per heavy atom. The lowest BCUT2D eigenvalue weighted by atomic mass is 10.1. The minimum atomic E-state index is -0.664. The SMILES string of the molecule is COCC(C)n1c(C)cc(C(=O)COC(=O)c2cnc(C)cn2)c1C. The Balaban J connectivity index is 2.07. The van der Waals surface area contributed by atoms with Gasteiger partial charge in [-0.15, -0.1) is 0 Å². The topological polar surface area (TPSA) is 83.3 Å². The molecule has 0 aliphatic carbocycles. The molecule has 0 bridgehead atoms. The van der Waals surface area contributed by atoms with Crippen LogP contribution in [0.25, 0.3) is 0 Å². The monoisotopic (exact) mass is 345 g/mol. The van der Waals surface area contributed by atoms with Crippen molar-refractivity contribution in [2.24, 2.45) is 0 Å². The van der Waals surface area contributed by atoms with Crippen LogP contribution in [0.2, 0.25) is 0 Å². The van der Waals surface area contributed by atoms with Crippen LogP contribution in [-0.4, -0.2) is 46.6 Å². The second-order valence-corrected chi connectivity index (χ2v) is 6.00. The molecule has 0 aromatic carbocycles. The molecule has 7 nitrogen and oxygen atoms in total. The summed E-state index contributed by atoms with van der Waals surface area (Å²) in [6.45, 7) is 7.81. The van der Waals surface area contributed by atoms with Crippen LogP contribution in [0.15, 0.2) is 18.5 Å².